The number of aliphatic carboxylic acids is 1. The molecule has 23 heavy (non-hydrogen) atoms. The molecule has 0 radical (unpaired) electrons. The van der Waals surface area contributed by atoms with E-state index in [-0.39, 0.29) is 29.6 Å². The highest BCUT2D eigenvalue weighted by molar-refractivity contribution is 5.77. The lowest BCUT2D eigenvalue weighted by molar-refractivity contribution is -0.389. The van der Waals surface area contributed by atoms with E-state index in [0.29, 0.717) is 38.2 Å². The van der Waals surface area contributed by atoms with Crippen molar-refractivity contribution in [1.29, 1.82) is 0 Å². The Balaban J connectivity index is 1.58. The number of likely N-dealkylation sites (tertiary alicyclic amines) is 1. The summed E-state index contributed by atoms with van der Waals surface area (Å²) >= 11 is 0. The van der Waals surface area contributed by atoms with Crippen molar-refractivity contribution in [2.45, 2.75) is 32.7 Å². The predicted molar refractivity (Wildman–Crippen MR) is 77.6 cm³/mol. The first-order valence-corrected chi connectivity index (χ1v) is 7.51. The van der Waals surface area contributed by atoms with Crippen molar-refractivity contribution in [2.75, 3.05) is 13.1 Å². The number of carboxylic acid groups (broad SMARTS) is 1. The second-order valence-electron chi connectivity index (χ2n) is 6.37. The van der Waals surface area contributed by atoms with Gasteiger partial charge in [-0.25, -0.2) is 0 Å². The van der Waals surface area contributed by atoms with Crippen molar-refractivity contribution in [3.05, 3.63) is 22.1 Å². The molecule has 1 spiro atoms. The van der Waals surface area contributed by atoms with Crippen LogP contribution < -0.4 is 0 Å². The van der Waals surface area contributed by atoms with Crippen LogP contribution in [0.5, 0.6) is 0 Å². The molecule has 9 heteroatoms. The number of piperidine rings is 1. The van der Waals surface area contributed by atoms with Gasteiger partial charge in [-0.15, -0.1) is 0 Å². The van der Waals surface area contributed by atoms with Crippen LogP contribution in [0.2, 0.25) is 0 Å². The number of carboxylic acids is 1. The van der Waals surface area contributed by atoms with Gasteiger partial charge in [-0.2, -0.15) is 0 Å². The Kier molecular flexibility index (Phi) is 3.57. The number of carbonyl (C=O) groups is 2. The third kappa shape index (κ3) is 2.78. The topological polar surface area (TPSA) is 119 Å². The third-order valence-corrected chi connectivity index (χ3v) is 5.06. The predicted octanol–water partition coefficient (Wildman–Crippen LogP) is 0.813. The van der Waals surface area contributed by atoms with E-state index in [1.165, 1.54) is 10.8 Å². The molecule has 2 fully saturated rings. The summed E-state index contributed by atoms with van der Waals surface area (Å²) in [5, 5.41) is 19.8. The highest BCUT2D eigenvalue weighted by Gasteiger charge is 2.59. The standard InChI is InChI=1S/C14H18N4O5/c1-9-15-11(18(22)23)7-17(9)8-12(19)16-4-2-14(3-5-16)6-10(14)13(20)21/h7,10H,2-6,8H2,1H3,(H,20,21). The highest BCUT2D eigenvalue weighted by atomic mass is 16.6. The zero-order valence-corrected chi connectivity index (χ0v) is 12.8. The molecule has 0 aromatic carbocycles. The molecular formula is C14H18N4O5. The van der Waals surface area contributed by atoms with Crippen molar-refractivity contribution >= 4 is 17.7 Å². The molecule has 0 bridgehead atoms. The number of hydrogen-bond acceptors (Lipinski definition) is 5. The molecule has 1 aliphatic heterocycles. The second-order valence-corrected chi connectivity index (χ2v) is 6.37. The maximum absolute atomic E-state index is 12.3. The van der Waals surface area contributed by atoms with Gasteiger partial charge < -0.3 is 20.1 Å². The number of rotatable bonds is 4. The van der Waals surface area contributed by atoms with Gasteiger partial charge in [0.2, 0.25) is 11.7 Å². The van der Waals surface area contributed by atoms with Gasteiger partial charge >= 0.3 is 11.8 Å². The molecule has 1 saturated carbocycles. The van der Waals surface area contributed by atoms with Crippen molar-refractivity contribution in [3.63, 3.8) is 0 Å². The van der Waals surface area contributed by atoms with Crippen molar-refractivity contribution < 1.29 is 19.6 Å². The lowest BCUT2D eigenvalue weighted by Gasteiger charge is -2.32. The van der Waals surface area contributed by atoms with Crippen LogP contribution in [-0.2, 0) is 16.1 Å². The van der Waals surface area contributed by atoms with Crippen LogP contribution in [-0.4, -0.2) is 49.4 Å². The minimum absolute atomic E-state index is 0.0159. The van der Waals surface area contributed by atoms with E-state index in [1.54, 1.807) is 11.8 Å². The minimum Gasteiger partial charge on any atom is -0.481 e. The fourth-order valence-electron chi connectivity index (χ4n) is 3.44. The molecular weight excluding hydrogens is 304 g/mol. The van der Waals surface area contributed by atoms with Crippen LogP contribution in [0.25, 0.3) is 0 Å². The first-order valence-electron chi connectivity index (χ1n) is 7.51. The summed E-state index contributed by atoms with van der Waals surface area (Å²) in [6.45, 7) is 2.71. The molecule has 124 valence electrons. The van der Waals surface area contributed by atoms with Crippen molar-refractivity contribution in [1.82, 2.24) is 14.5 Å². The van der Waals surface area contributed by atoms with Crippen molar-refractivity contribution in [3.8, 4) is 0 Å². The van der Waals surface area contributed by atoms with Gasteiger partial charge in [0, 0.05) is 20.0 Å². The average Bonchev–Trinajstić information content (AvgIpc) is 3.07. The summed E-state index contributed by atoms with van der Waals surface area (Å²) in [5.41, 5.74) is -0.119. The molecule has 2 aliphatic rings. The van der Waals surface area contributed by atoms with E-state index in [1.807, 2.05) is 0 Å². The zero-order chi connectivity index (χ0) is 16.8. The van der Waals surface area contributed by atoms with Gasteiger partial charge in [-0.1, -0.05) is 0 Å². The van der Waals surface area contributed by atoms with Gasteiger partial charge in [0.15, 0.2) is 0 Å². The van der Waals surface area contributed by atoms with E-state index in [4.69, 9.17) is 5.11 Å². The molecule has 9 nitrogen and oxygen atoms in total. The molecule has 1 aromatic heterocycles. The summed E-state index contributed by atoms with van der Waals surface area (Å²) < 4.78 is 1.47. The lowest BCUT2D eigenvalue weighted by Crippen LogP contribution is -2.41. The second kappa shape index (κ2) is 5.32. The zero-order valence-electron chi connectivity index (χ0n) is 12.8. The lowest BCUT2D eigenvalue weighted by atomic mass is 9.91. The first-order chi connectivity index (χ1) is 10.8. The van der Waals surface area contributed by atoms with Crippen LogP contribution in [0.3, 0.4) is 0 Å². The van der Waals surface area contributed by atoms with E-state index in [2.05, 4.69) is 4.98 Å². The van der Waals surface area contributed by atoms with Crippen LogP contribution >= 0.6 is 0 Å². The van der Waals surface area contributed by atoms with Gasteiger partial charge in [0.25, 0.3) is 0 Å². The van der Waals surface area contributed by atoms with E-state index >= 15 is 0 Å². The van der Waals surface area contributed by atoms with E-state index in [9.17, 15) is 19.7 Å². The number of aromatic nitrogens is 2. The average molecular weight is 322 g/mol. The highest BCUT2D eigenvalue weighted by Crippen LogP contribution is 2.59. The number of imidazole rings is 1. The third-order valence-electron chi connectivity index (χ3n) is 5.06. The SMILES string of the molecule is Cc1nc([N+](=O)[O-])cn1CC(=O)N1CCC2(CC1)CC2C(=O)O. The molecule has 1 aromatic rings. The fourth-order valence-corrected chi connectivity index (χ4v) is 3.44. The Labute approximate surface area is 132 Å². The maximum Gasteiger partial charge on any atom is 0.381 e. The summed E-state index contributed by atoms with van der Waals surface area (Å²) in [6, 6.07) is 0. The number of nitrogens with zero attached hydrogens (tertiary/aromatic N) is 4. The molecule has 1 aliphatic carbocycles. The quantitative estimate of drug-likeness (QED) is 0.647. The Morgan fingerprint density at radius 1 is 1.48 bits per heavy atom. The van der Waals surface area contributed by atoms with Gasteiger partial charge in [0.05, 0.1) is 5.92 Å². The van der Waals surface area contributed by atoms with Crippen LogP contribution in [0.4, 0.5) is 5.82 Å². The Bertz CT molecular complexity index is 675. The fraction of sp³-hybridized carbons (Fsp3) is 0.643. The smallest absolute Gasteiger partial charge is 0.381 e. The molecule has 1 atom stereocenters. The number of carbonyl (C=O) groups excluding carboxylic acids is 1. The molecule has 1 amide bonds. The molecule has 1 unspecified atom stereocenters. The first kappa shape index (κ1) is 15.4. The summed E-state index contributed by atoms with van der Waals surface area (Å²) in [4.78, 5) is 39.0. The van der Waals surface area contributed by atoms with Crippen LogP contribution in [0.15, 0.2) is 6.20 Å². The van der Waals surface area contributed by atoms with Crippen LogP contribution in [0, 0.1) is 28.4 Å². The summed E-state index contributed by atoms with van der Waals surface area (Å²) in [5.74, 6) is -0.978. The summed E-state index contributed by atoms with van der Waals surface area (Å²) in [7, 11) is 0. The van der Waals surface area contributed by atoms with E-state index in [0.717, 1.165) is 0 Å². The van der Waals surface area contributed by atoms with Gasteiger partial charge in [-0.05, 0) is 34.6 Å². The molecule has 3 rings (SSSR count). The monoisotopic (exact) mass is 322 g/mol. The maximum atomic E-state index is 12.3. The summed E-state index contributed by atoms with van der Waals surface area (Å²) in [6.07, 6.45) is 3.38. The Morgan fingerprint density at radius 2 is 2.13 bits per heavy atom. The molecule has 1 saturated heterocycles. The van der Waals surface area contributed by atoms with Gasteiger partial charge in [-0.3, -0.25) is 14.2 Å². The number of hydrogen-bond donors (Lipinski definition) is 1. The van der Waals surface area contributed by atoms with Crippen molar-refractivity contribution in [2.24, 2.45) is 11.3 Å². The number of aryl methyl sites for hydroxylation is 1. The van der Waals surface area contributed by atoms with Crippen LogP contribution in [0.1, 0.15) is 25.1 Å². The Hall–Kier alpha value is -2.45. The van der Waals surface area contributed by atoms with E-state index < -0.39 is 10.9 Å². The largest absolute Gasteiger partial charge is 0.481 e. The number of nitro groups is 1. The number of amides is 1. The molecule has 2 heterocycles. The Morgan fingerprint density at radius 3 is 2.61 bits per heavy atom. The normalized spacial score (nSPS) is 22.1. The molecule has 1 N–H and O–H groups in total. The van der Waals surface area contributed by atoms with Gasteiger partial charge in [0.1, 0.15) is 12.7 Å². The minimum atomic E-state index is -0.744.